The van der Waals surface area contributed by atoms with Gasteiger partial charge in [0.2, 0.25) is 0 Å². The Kier molecular flexibility index (Phi) is 4.96. The molecule has 5 heteroatoms. The van der Waals surface area contributed by atoms with Gasteiger partial charge in [0, 0.05) is 19.6 Å². The highest BCUT2D eigenvalue weighted by Crippen LogP contribution is 2.36. The van der Waals surface area contributed by atoms with Crippen LogP contribution in [0.25, 0.3) is 0 Å². The van der Waals surface area contributed by atoms with E-state index < -0.39 is 5.54 Å². The van der Waals surface area contributed by atoms with Crippen LogP contribution < -0.4 is 10.1 Å². The minimum Gasteiger partial charge on any atom is -0.496 e. The molecule has 0 aliphatic carbocycles. The largest absolute Gasteiger partial charge is 0.496 e. The second-order valence-electron chi connectivity index (χ2n) is 5.34. The summed E-state index contributed by atoms with van der Waals surface area (Å²) in [6.45, 7) is 5.11. The van der Waals surface area contributed by atoms with Gasteiger partial charge in [-0.25, -0.2) is 4.39 Å². The second-order valence-corrected chi connectivity index (χ2v) is 5.34. The van der Waals surface area contributed by atoms with E-state index in [-0.39, 0.29) is 12.4 Å². The van der Waals surface area contributed by atoms with Crippen LogP contribution in [-0.4, -0.2) is 49.9 Å². The van der Waals surface area contributed by atoms with Gasteiger partial charge in [-0.15, -0.1) is 0 Å². The lowest BCUT2D eigenvalue weighted by molar-refractivity contribution is 0.0404. The summed E-state index contributed by atoms with van der Waals surface area (Å²) >= 11 is 0. The summed E-state index contributed by atoms with van der Waals surface area (Å²) in [4.78, 5) is 2.13. The zero-order valence-electron chi connectivity index (χ0n) is 12.2. The third-order valence-corrected chi connectivity index (χ3v) is 4.08. The summed E-state index contributed by atoms with van der Waals surface area (Å²) in [6.07, 6.45) is 0.979. The Morgan fingerprint density at radius 1 is 1.40 bits per heavy atom. The van der Waals surface area contributed by atoms with Gasteiger partial charge in [0.05, 0.1) is 24.8 Å². The lowest BCUT2D eigenvalue weighted by Crippen LogP contribution is -2.49. The first kappa shape index (κ1) is 15.2. The first-order valence-corrected chi connectivity index (χ1v) is 7.03. The van der Waals surface area contributed by atoms with Gasteiger partial charge < -0.3 is 15.2 Å². The maximum atomic E-state index is 14.3. The molecule has 1 aliphatic rings. The Balaban J connectivity index is 2.43. The molecule has 0 saturated carbocycles. The summed E-state index contributed by atoms with van der Waals surface area (Å²) in [5, 5.41) is 13.3. The van der Waals surface area contributed by atoms with Crippen LogP contribution in [0, 0.1) is 5.82 Å². The van der Waals surface area contributed by atoms with Gasteiger partial charge in [0.25, 0.3) is 0 Å². The van der Waals surface area contributed by atoms with Gasteiger partial charge in [0.1, 0.15) is 11.6 Å². The molecule has 20 heavy (non-hydrogen) atoms. The highest BCUT2D eigenvalue weighted by molar-refractivity contribution is 5.40. The second kappa shape index (κ2) is 6.52. The van der Waals surface area contributed by atoms with Gasteiger partial charge in [0.15, 0.2) is 0 Å². The number of benzene rings is 1. The quantitative estimate of drug-likeness (QED) is 0.875. The molecule has 1 saturated heterocycles. The van der Waals surface area contributed by atoms with Gasteiger partial charge in [-0.1, -0.05) is 6.07 Å². The number of aliphatic hydroxyl groups excluding tert-OH is 1. The number of nitrogens with one attached hydrogen (secondary N) is 1. The molecule has 2 N–H and O–H groups in total. The maximum absolute atomic E-state index is 14.3. The predicted octanol–water partition coefficient (Wildman–Crippen LogP) is 1.34. The summed E-state index contributed by atoms with van der Waals surface area (Å²) in [6, 6.07) is 4.78. The van der Waals surface area contributed by atoms with Crippen LogP contribution >= 0.6 is 0 Å². The van der Waals surface area contributed by atoms with Crippen LogP contribution in [0.3, 0.4) is 0 Å². The molecule has 0 spiro atoms. The van der Waals surface area contributed by atoms with Crippen LogP contribution in [0.2, 0.25) is 0 Å². The summed E-state index contributed by atoms with van der Waals surface area (Å²) < 4.78 is 19.6. The van der Waals surface area contributed by atoms with Crippen molar-refractivity contribution in [3.8, 4) is 5.75 Å². The molecule has 1 aliphatic heterocycles. The monoisotopic (exact) mass is 282 g/mol. The Morgan fingerprint density at radius 2 is 2.20 bits per heavy atom. The lowest BCUT2D eigenvalue weighted by atomic mass is 9.89. The number of hydrogen-bond donors (Lipinski definition) is 2. The minimum absolute atomic E-state index is 0.149. The summed E-state index contributed by atoms with van der Waals surface area (Å²) in [5.74, 6) is 0.150. The molecule has 1 aromatic carbocycles. The standard InChI is InChI=1S/C15H23FN2O2/c1-15(11-19,18-9-4-7-17-8-10-18)14-12(16)5-3-6-13(14)20-2/h3,5-6,17,19H,4,7-11H2,1-2H3. The Morgan fingerprint density at radius 3 is 2.90 bits per heavy atom. The van der Waals surface area contributed by atoms with Crippen molar-refractivity contribution in [1.29, 1.82) is 0 Å². The third-order valence-electron chi connectivity index (χ3n) is 4.08. The van der Waals surface area contributed by atoms with Crippen molar-refractivity contribution in [2.24, 2.45) is 0 Å². The first-order valence-electron chi connectivity index (χ1n) is 7.03. The molecular formula is C15H23FN2O2. The van der Waals surface area contributed by atoms with Crippen molar-refractivity contribution in [1.82, 2.24) is 10.2 Å². The molecule has 1 heterocycles. The fourth-order valence-corrected chi connectivity index (χ4v) is 2.87. The number of ether oxygens (including phenoxy) is 1. The number of methoxy groups -OCH3 is 1. The zero-order chi connectivity index (χ0) is 14.6. The average molecular weight is 282 g/mol. The molecule has 1 aromatic rings. The molecule has 2 rings (SSSR count). The highest BCUT2D eigenvalue weighted by Gasteiger charge is 2.38. The van der Waals surface area contributed by atoms with Crippen LogP contribution in [0.5, 0.6) is 5.75 Å². The van der Waals surface area contributed by atoms with Crippen LogP contribution in [0.1, 0.15) is 18.9 Å². The van der Waals surface area contributed by atoms with Crippen molar-refractivity contribution < 1.29 is 14.2 Å². The van der Waals surface area contributed by atoms with E-state index >= 15 is 0 Å². The number of aliphatic hydroxyl groups is 1. The van der Waals surface area contributed by atoms with E-state index in [0.717, 1.165) is 32.6 Å². The number of halogens is 1. The molecule has 0 amide bonds. The highest BCUT2D eigenvalue weighted by atomic mass is 19.1. The summed E-state index contributed by atoms with van der Waals surface area (Å²) in [7, 11) is 1.53. The SMILES string of the molecule is COc1cccc(F)c1C(C)(CO)N1CCCNCC1. The normalized spacial score (nSPS) is 20.2. The van der Waals surface area contributed by atoms with Gasteiger partial charge in [-0.2, -0.15) is 0 Å². The Bertz CT molecular complexity index is 447. The van der Waals surface area contributed by atoms with Crippen LogP contribution in [-0.2, 0) is 5.54 Å². The van der Waals surface area contributed by atoms with Gasteiger partial charge in [-0.3, -0.25) is 4.90 Å². The number of hydrogen-bond acceptors (Lipinski definition) is 4. The van der Waals surface area contributed by atoms with E-state index in [1.165, 1.54) is 13.2 Å². The van der Waals surface area contributed by atoms with Crippen molar-refractivity contribution in [3.05, 3.63) is 29.6 Å². The molecule has 1 unspecified atom stereocenters. The maximum Gasteiger partial charge on any atom is 0.132 e. The summed E-state index contributed by atoms with van der Waals surface area (Å²) in [5.41, 5.74) is -0.338. The van der Waals surface area contributed by atoms with E-state index in [2.05, 4.69) is 10.2 Å². The Labute approximate surface area is 119 Å². The van der Waals surface area contributed by atoms with Gasteiger partial charge >= 0.3 is 0 Å². The van der Waals surface area contributed by atoms with E-state index in [1.54, 1.807) is 12.1 Å². The molecule has 0 aromatic heterocycles. The van der Waals surface area contributed by atoms with Crippen molar-refractivity contribution >= 4 is 0 Å². The smallest absolute Gasteiger partial charge is 0.132 e. The van der Waals surface area contributed by atoms with Crippen molar-refractivity contribution in [3.63, 3.8) is 0 Å². The topological polar surface area (TPSA) is 44.7 Å². The van der Waals surface area contributed by atoms with Crippen molar-refractivity contribution in [2.75, 3.05) is 39.9 Å². The molecule has 1 fully saturated rings. The first-order chi connectivity index (χ1) is 9.63. The van der Waals surface area contributed by atoms with Gasteiger partial charge in [-0.05, 0) is 32.0 Å². The molecule has 112 valence electrons. The fraction of sp³-hybridized carbons (Fsp3) is 0.600. The van der Waals surface area contributed by atoms with Crippen molar-refractivity contribution in [2.45, 2.75) is 18.9 Å². The molecule has 1 atom stereocenters. The molecular weight excluding hydrogens is 259 g/mol. The number of nitrogens with zero attached hydrogens (tertiary/aromatic N) is 1. The van der Waals surface area contributed by atoms with E-state index in [4.69, 9.17) is 4.74 Å². The molecule has 4 nitrogen and oxygen atoms in total. The minimum atomic E-state index is -0.775. The van der Waals surface area contributed by atoms with Crippen LogP contribution in [0.15, 0.2) is 18.2 Å². The third kappa shape index (κ3) is 2.80. The van der Waals surface area contributed by atoms with E-state index in [0.29, 0.717) is 11.3 Å². The zero-order valence-corrected chi connectivity index (χ0v) is 12.2. The predicted molar refractivity (Wildman–Crippen MR) is 76.4 cm³/mol. The van der Waals surface area contributed by atoms with Crippen LogP contribution in [0.4, 0.5) is 4.39 Å². The number of rotatable bonds is 4. The van der Waals surface area contributed by atoms with E-state index in [9.17, 15) is 9.50 Å². The van der Waals surface area contributed by atoms with E-state index in [1.807, 2.05) is 6.92 Å². The molecule has 0 bridgehead atoms. The lowest BCUT2D eigenvalue weighted by Gasteiger charge is -2.40. The average Bonchev–Trinajstić information content (AvgIpc) is 2.75. The Hall–Kier alpha value is -1.17. The fourth-order valence-electron chi connectivity index (χ4n) is 2.87. The molecule has 0 radical (unpaired) electrons.